The highest BCUT2D eigenvalue weighted by molar-refractivity contribution is 5.99. The number of hydrogen-bond acceptors (Lipinski definition) is 4. The van der Waals surface area contributed by atoms with E-state index in [4.69, 9.17) is 5.11 Å². The number of ether oxygens (including phenoxy) is 1. The number of carbonyl (C=O) groups excluding carboxylic acids is 2. The molecule has 6 nitrogen and oxygen atoms in total. The molecule has 0 radical (unpaired) electrons. The Kier molecular flexibility index (Phi) is 4.02. The summed E-state index contributed by atoms with van der Waals surface area (Å²) in [5, 5.41) is 8.70. The molecule has 1 atom stereocenters. The first-order valence-electron chi connectivity index (χ1n) is 6.20. The van der Waals surface area contributed by atoms with Crippen molar-refractivity contribution < 1.29 is 24.2 Å². The Bertz CT molecular complexity index is 537. The molecule has 1 fully saturated rings. The third-order valence-electron chi connectivity index (χ3n) is 3.26. The van der Waals surface area contributed by atoms with E-state index in [1.807, 2.05) is 0 Å². The monoisotopic (exact) mass is 277 g/mol. The van der Waals surface area contributed by atoms with Gasteiger partial charge in [-0.2, -0.15) is 0 Å². The second-order valence-electron chi connectivity index (χ2n) is 4.67. The fraction of sp³-hybridized carbons (Fsp3) is 0.357. The molecule has 1 N–H and O–H groups in total. The number of hydrogen-bond donors (Lipinski definition) is 1. The number of methoxy groups -OCH3 is 1. The van der Waals surface area contributed by atoms with E-state index in [1.54, 1.807) is 24.3 Å². The summed E-state index contributed by atoms with van der Waals surface area (Å²) in [7, 11) is 1.30. The van der Waals surface area contributed by atoms with Crippen molar-refractivity contribution in [2.45, 2.75) is 12.8 Å². The van der Waals surface area contributed by atoms with Gasteiger partial charge < -0.3 is 14.7 Å². The second-order valence-corrected chi connectivity index (χ2v) is 4.67. The zero-order valence-corrected chi connectivity index (χ0v) is 11.0. The molecule has 1 saturated heterocycles. The van der Waals surface area contributed by atoms with Crippen molar-refractivity contribution in [1.82, 2.24) is 0 Å². The maximum absolute atomic E-state index is 11.9. The van der Waals surface area contributed by atoms with Gasteiger partial charge in [0.2, 0.25) is 5.91 Å². The van der Waals surface area contributed by atoms with Crippen LogP contribution >= 0.6 is 0 Å². The van der Waals surface area contributed by atoms with Crippen LogP contribution in [0.15, 0.2) is 24.3 Å². The van der Waals surface area contributed by atoms with Crippen molar-refractivity contribution in [3.8, 4) is 0 Å². The summed E-state index contributed by atoms with van der Waals surface area (Å²) >= 11 is 0. The van der Waals surface area contributed by atoms with E-state index in [0.29, 0.717) is 17.8 Å². The van der Waals surface area contributed by atoms with Crippen LogP contribution < -0.4 is 4.90 Å². The van der Waals surface area contributed by atoms with Crippen molar-refractivity contribution in [1.29, 1.82) is 0 Å². The molecule has 2 rings (SSSR count). The maximum atomic E-state index is 11.9. The maximum Gasteiger partial charge on any atom is 0.311 e. The Hall–Kier alpha value is -2.37. The molecule has 1 aromatic rings. The zero-order valence-electron chi connectivity index (χ0n) is 11.0. The molecule has 20 heavy (non-hydrogen) atoms. The predicted molar refractivity (Wildman–Crippen MR) is 70.3 cm³/mol. The van der Waals surface area contributed by atoms with E-state index in [0.717, 1.165) is 0 Å². The standard InChI is InChI=1S/C14H15NO5/c1-20-14(19)10-7-12(16)15(8-10)11-4-2-9(3-5-11)6-13(17)18/h2-5,10H,6-8H2,1H3,(H,17,18). The lowest BCUT2D eigenvalue weighted by molar-refractivity contribution is -0.145. The molecular weight excluding hydrogens is 262 g/mol. The van der Waals surface area contributed by atoms with Gasteiger partial charge in [0.05, 0.1) is 19.4 Å². The molecule has 106 valence electrons. The van der Waals surface area contributed by atoms with Gasteiger partial charge in [0.15, 0.2) is 0 Å². The molecule has 0 aromatic heterocycles. The smallest absolute Gasteiger partial charge is 0.311 e. The second kappa shape index (κ2) is 5.73. The summed E-state index contributed by atoms with van der Waals surface area (Å²) in [4.78, 5) is 35.5. The fourth-order valence-corrected chi connectivity index (χ4v) is 2.25. The first-order valence-corrected chi connectivity index (χ1v) is 6.20. The summed E-state index contributed by atoms with van der Waals surface area (Å²) < 4.78 is 4.65. The summed E-state index contributed by atoms with van der Waals surface area (Å²) in [6.07, 6.45) is 0.0859. The lowest BCUT2D eigenvalue weighted by Crippen LogP contribution is -2.26. The fourth-order valence-electron chi connectivity index (χ4n) is 2.25. The zero-order chi connectivity index (χ0) is 14.7. The number of amides is 1. The first kappa shape index (κ1) is 14.0. The molecule has 0 saturated carbocycles. The van der Waals surface area contributed by atoms with E-state index in [9.17, 15) is 14.4 Å². The van der Waals surface area contributed by atoms with Crippen LogP contribution in [0.4, 0.5) is 5.69 Å². The first-order chi connectivity index (χ1) is 9.51. The van der Waals surface area contributed by atoms with E-state index >= 15 is 0 Å². The predicted octanol–water partition coefficient (Wildman–Crippen LogP) is 0.840. The summed E-state index contributed by atoms with van der Waals surface area (Å²) in [5.41, 5.74) is 1.33. The van der Waals surface area contributed by atoms with E-state index in [1.165, 1.54) is 12.0 Å². The Balaban J connectivity index is 2.10. The average molecular weight is 277 g/mol. The van der Waals surface area contributed by atoms with Crippen LogP contribution in [0, 0.1) is 5.92 Å². The molecule has 1 heterocycles. The Labute approximate surface area is 115 Å². The van der Waals surface area contributed by atoms with Crippen LogP contribution in [0.5, 0.6) is 0 Å². The minimum absolute atomic E-state index is 0.0565. The Morgan fingerprint density at radius 1 is 1.35 bits per heavy atom. The van der Waals surface area contributed by atoms with Gasteiger partial charge >= 0.3 is 11.9 Å². The highest BCUT2D eigenvalue weighted by Gasteiger charge is 2.35. The lowest BCUT2D eigenvalue weighted by Gasteiger charge is -2.16. The molecule has 1 aromatic carbocycles. The van der Waals surface area contributed by atoms with Gasteiger partial charge in [-0.1, -0.05) is 12.1 Å². The van der Waals surface area contributed by atoms with E-state index in [-0.39, 0.29) is 24.7 Å². The number of rotatable bonds is 4. The van der Waals surface area contributed by atoms with Gasteiger partial charge in [0, 0.05) is 18.7 Å². The minimum Gasteiger partial charge on any atom is -0.481 e. The normalized spacial score (nSPS) is 18.1. The van der Waals surface area contributed by atoms with E-state index < -0.39 is 11.9 Å². The SMILES string of the molecule is COC(=O)C1CC(=O)N(c2ccc(CC(=O)O)cc2)C1. The number of nitrogens with zero attached hydrogens (tertiary/aromatic N) is 1. The number of esters is 1. The summed E-state index contributed by atoms with van der Waals surface area (Å²) in [6.45, 7) is 0.295. The molecule has 0 spiro atoms. The van der Waals surface area contributed by atoms with Crippen LogP contribution in [0.2, 0.25) is 0 Å². The van der Waals surface area contributed by atoms with Gasteiger partial charge in [-0.05, 0) is 17.7 Å². The van der Waals surface area contributed by atoms with Crippen molar-refractivity contribution in [2.75, 3.05) is 18.6 Å². The highest BCUT2D eigenvalue weighted by Crippen LogP contribution is 2.26. The number of carboxylic acid groups (broad SMARTS) is 1. The van der Waals surface area contributed by atoms with Crippen LogP contribution in [0.3, 0.4) is 0 Å². The Morgan fingerprint density at radius 2 is 2.00 bits per heavy atom. The summed E-state index contributed by atoms with van der Waals surface area (Å²) in [6, 6.07) is 6.72. The highest BCUT2D eigenvalue weighted by atomic mass is 16.5. The third-order valence-corrected chi connectivity index (χ3v) is 3.26. The molecule has 0 bridgehead atoms. The van der Waals surface area contributed by atoms with Crippen LogP contribution in [-0.4, -0.2) is 36.6 Å². The number of benzene rings is 1. The summed E-state index contributed by atoms with van der Waals surface area (Å²) in [5.74, 6) is -1.86. The molecule has 1 amide bonds. The molecule has 1 aliphatic rings. The van der Waals surface area contributed by atoms with Crippen LogP contribution in [0.25, 0.3) is 0 Å². The molecule has 1 aliphatic heterocycles. The number of carbonyl (C=O) groups is 3. The van der Waals surface area contributed by atoms with Crippen LogP contribution in [0.1, 0.15) is 12.0 Å². The van der Waals surface area contributed by atoms with Crippen molar-refractivity contribution in [3.63, 3.8) is 0 Å². The molecule has 6 heteroatoms. The average Bonchev–Trinajstić information content (AvgIpc) is 2.80. The van der Waals surface area contributed by atoms with E-state index in [2.05, 4.69) is 4.74 Å². The van der Waals surface area contributed by atoms with Crippen molar-refractivity contribution in [3.05, 3.63) is 29.8 Å². The van der Waals surface area contributed by atoms with Gasteiger partial charge in [-0.15, -0.1) is 0 Å². The number of anilines is 1. The topological polar surface area (TPSA) is 83.9 Å². The largest absolute Gasteiger partial charge is 0.481 e. The van der Waals surface area contributed by atoms with Gasteiger partial charge in [0.1, 0.15) is 0 Å². The lowest BCUT2D eigenvalue weighted by atomic mass is 10.1. The van der Waals surface area contributed by atoms with Crippen molar-refractivity contribution >= 4 is 23.5 Å². The van der Waals surface area contributed by atoms with Gasteiger partial charge in [0.25, 0.3) is 0 Å². The molecule has 1 unspecified atom stereocenters. The number of aliphatic carboxylic acids is 1. The minimum atomic E-state index is -0.902. The van der Waals surface area contributed by atoms with Gasteiger partial charge in [-0.25, -0.2) is 0 Å². The van der Waals surface area contributed by atoms with Crippen molar-refractivity contribution in [2.24, 2.45) is 5.92 Å². The van der Waals surface area contributed by atoms with Crippen LogP contribution in [-0.2, 0) is 25.5 Å². The Morgan fingerprint density at radius 3 is 2.55 bits per heavy atom. The molecule has 0 aliphatic carbocycles. The van der Waals surface area contributed by atoms with Gasteiger partial charge in [-0.3, -0.25) is 14.4 Å². The third kappa shape index (κ3) is 2.96. The number of carboxylic acids is 1. The quantitative estimate of drug-likeness (QED) is 0.824. The molecular formula is C14H15NO5.